The maximum atomic E-state index is 5.92. The van der Waals surface area contributed by atoms with Gasteiger partial charge in [-0.05, 0) is 6.04 Å². The van der Waals surface area contributed by atoms with Crippen molar-refractivity contribution in [2.75, 3.05) is 0 Å². The maximum absolute atomic E-state index is 5.92. The molecule has 0 aromatic rings. The summed E-state index contributed by atoms with van der Waals surface area (Å²) in [6.07, 6.45) is 12.2. The van der Waals surface area contributed by atoms with E-state index in [2.05, 4.69) is 6.92 Å². The third-order valence-electron chi connectivity index (χ3n) is 3.72. The highest BCUT2D eigenvalue weighted by atomic mass is 28.4. The van der Waals surface area contributed by atoms with E-state index in [1.165, 1.54) is 57.8 Å². The van der Waals surface area contributed by atoms with Gasteiger partial charge in [0.15, 0.2) is 0 Å². The molecule has 1 heterocycles. The summed E-state index contributed by atoms with van der Waals surface area (Å²) in [7, 11) is -5.89. The Balaban J connectivity index is 1.99. The Bertz CT molecular complexity index is 243. The first-order chi connectivity index (χ1) is 11.4. The van der Waals surface area contributed by atoms with Gasteiger partial charge in [-0.15, -0.1) is 0 Å². The van der Waals surface area contributed by atoms with Gasteiger partial charge < -0.3 is 24.7 Å². The Kier molecular flexibility index (Phi) is 17.2. The summed E-state index contributed by atoms with van der Waals surface area (Å²) >= 11 is 0. The lowest BCUT2D eigenvalue weighted by molar-refractivity contribution is 0.333. The molecular weight excluding hydrogens is 397 g/mol. The van der Waals surface area contributed by atoms with E-state index in [4.69, 9.17) is 24.7 Å². The molecule has 0 atom stereocenters. The highest BCUT2D eigenvalue weighted by molar-refractivity contribution is 6.59. The van der Waals surface area contributed by atoms with E-state index in [0.717, 1.165) is 6.04 Å². The molecule has 0 saturated carbocycles. The van der Waals surface area contributed by atoms with Gasteiger partial charge in [-0.25, -0.2) is 0 Å². The Morgan fingerprint density at radius 1 is 0.565 bits per heavy atom. The molecule has 0 amide bonds. The number of unbranched alkanes of at least 4 members (excludes halogenated alkanes) is 8. The van der Waals surface area contributed by atoms with Gasteiger partial charge in [-0.3, -0.25) is 0 Å². The predicted octanol–water partition coefficient (Wildman–Crippen LogP) is -1.16. The van der Waals surface area contributed by atoms with Gasteiger partial charge in [0.25, 0.3) is 50.0 Å². The second-order valence-electron chi connectivity index (χ2n) is 5.79. The van der Waals surface area contributed by atoms with Crippen LogP contribution in [0.5, 0.6) is 0 Å². The molecule has 6 nitrogen and oxygen atoms in total. The van der Waals surface area contributed by atoms with E-state index >= 15 is 0 Å². The van der Waals surface area contributed by atoms with Gasteiger partial charge in [0, 0.05) is 0 Å². The molecule has 0 N–H and O–H groups in total. The van der Waals surface area contributed by atoms with E-state index in [9.17, 15) is 0 Å². The summed E-state index contributed by atoms with van der Waals surface area (Å²) in [5.41, 5.74) is 0. The zero-order chi connectivity index (χ0) is 16.4. The van der Waals surface area contributed by atoms with E-state index in [-0.39, 0.29) is 0 Å². The topological polar surface area (TPSA) is 55.4 Å². The van der Waals surface area contributed by atoms with Crippen LogP contribution in [-0.4, -0.2) is 59.3 Å². The van der Waals surface area contributed by atoms with E-state index < -0.39 is 59.3 Å². The Hall–Kier alpha value is 1.06. The van der Waals surface area contributed by atoms with Gasteiger partial charge in [0.2, 0.25) is 0 Å². The lowest BCUT2D eigenvalue weighted by Gasteiger charge is -2.18. The van der Waals surface area contributed by atoms with Gasteiger partial charge in [0.05, 0.1) is 0 Å². The van der Waals surface area contributed by atoms with E-state index in [1.54, 1.807) is 0 Å². The normalized spacial score (nSPS) is 26.7. The van der Waals surface area contributed by atoms with Gasteiger partial charge in [-0.1, -0.05) is 64.7 Å². The first-order valence-corrected chi connectivity index (χ1v) is 16.5. The highest BCUT2D eigenvalue weighted by Crippen LogP contribution is 2.12. The minimum atomic E-state index is -1.54. The molecule has 0 aliphatic carbocycles. The SMILES string of the molecule is CCCCCCCCCCC[SiH]1O[SiH2]O[SiH2]O[SiH2]O[SiH2]O[SiH2]O1. The van der Waals surface area contributed by atoms with Crippen LogP contribution in [0.4, 0.5) is 0 Å². The summed E-state index contributed by atoms with van der Waals surface area (Å²) in [6.45, 7) is 2.27. The minimum absolute atomic E-state index is 0.837. The van der Waals surface area contributed by atoms with E-state index in [1.807, 2.05) is 0 Å². The molecule has 0 aromatic carbocycles. The van der Waals surface area contributed by atoms with Crippen molar-refractivity contribution in [1.29, 1.82) is 0 Å². The van der Waals surface area contributed by atoms with Crippen molar-refractivity contribution >= 4 is 59.3 Å². The van der Waals surface area contributed by atoms with Crippen molar-refractivity contribution in [3.63, 3.8) is 0 Å². The largest absolute Gasteiger partial charge is 0.425 e. The summed E-state index contributed by atoms with van der Waals surface area (Å²) in [5.74, 6) is 0. The van der Waals surface area contributed by atoms with Crippen molar-refractivity contribution < 1.29 is 24.7 Å². The van der Waals surface area contributed by atoms with Crippen LogP contribution in [0.15, 0.2) is 0 Å². The van der Waals surface area contributed by atoms with Crippen molar-refractivity contribution in [1.82, 2.24) is 0 Å². The second kappa shape index (κ2) is 17.9. The lowest BCUT2D eigenvalue weighted by Crippen LogP contribution is -2.31. The maximum Gasteiger partial charge on any atom is 0.303 e. The van der Waals surface area contributed by atoms with Crippen molar-refractivity contribution in [3.05, 3.63) is 0 Å². The Labute approximate surface area is 154 Å². The molecule has 12 heteroatoms. The van der Waals surface area contributed by atoms with Crippen LogP contribution in [0.1, 0.15) is 64.7 Å². The molecule has 23 heavy (non-hydrogen) atoms. The fraction of sp³-hybridized carbons (Fsp3) is 1.00. The molecular formula is C11H34O6Si6. The van der Waals surface area contributed by atoms with Crippen LogP contribution in [0.3, 0.4) is 0 Å². The Morgan fingerprint density at radius 3 is 1.52 bits per heavy atom. The van der Waals surface area contributed by atoms with Gasteiger partial charge in [-0.2, -0.15) is 0 Å². The number of hydrogen-bond acceptors (Lipinski definition) is 6. The quantitative estimate of drug-likeness (QED) is 0.322. The van der Waals surface area contributed by atoms with E-state index in [0.29, 0.717) is 0 Å². The molecule has 1 saturated heterocycles. The van der Waals surface area contributed by atoms with Crippen molar-refractivity contribution in [3.8, 4) is 0 Å². The molecule has 1 fully saturated rings. The van der Waals surface area contributed by atoms with Crippen LogP contribution in [0.25, 0.3) is 0 Å². The van der Waals surface area contributed by atoms with Crippen LogP contribution in [0, 0.1) is 0 Å². The smallest absolute Gasteiger partial charge is 0.303 e. The molecule has 0 radical (unpaired) electrons. The number of rotatable bonds is 10. The average Bonchev–Trinajstić information content (AvgIpc) is 2.55. The van der Waals surface area contributed by atoms with Crippen molar-refractivity contribution in [2.45, 2.75) is 70.8 Å². The molecule has 1 aliphatic heterocycles. The zero-order valence-electron chi connectivity index (χ0n) is 14.6. The van der Waals surface area contributed by atoms with Crippen LogP contribution in [-0.2, 0) is 24.7 Å². The first-order valence-electron chi connectivity index (χ1n) is 8.97. The van der Waals surface area contributed by atoms with Gasteiger partial charge in [0.1, 0.15) is 0 Å². The third kappa shape index (κ3) is 15.1. The molecule has 0 unspecified atom stereocenters. The zero-order valence-corrected chi connectivity index (χ0v) is 22.9. The van der Waals surface area contributed by atoms with Crippen LogP contribution >= 0.6 is 0 Å². The summed E-state index contributed by atoms with van der Waals surface area (Å²) in [4.78, 5) is 0. The second-order valence-corrected chi connectivity index (χ2v) is 17.6. The lowest BCUT2D eigenvalue weighted by atomic mass is 10.1. The fourth-order valence-electron chi connectivity index (χ4n) is 2.40. The fourth-order valence-corrected chi connectivity index (χ4v) is 15.0. The standard InChI is InChI=1S/C11H34O6Si6/c1-2-3-4-5-6-7-8-9-10-11-23-16-21-14-19-12-18-13-20-15-22-17-23/h23H,2-11,18-22H2,1H3. The summed E-state index contributed by atoms with van der Waals surface area (Å²) in [6, 6.07) is 1.10. The summed E-state index contributed by atoms with van der Waals surface area (Å²) in [5, 5.41) is 0. The molecule has 138 valence electrons. The monoisotopic (exact) mass is 430 g/mol. The molecule has 1 rings (SSSR count). The summed E-state index contributed by atoms with van der Waals surface area (Å²) < 4.78 is 33.8. The van der Waals surface area contributed by atoms with Gasteiger partial charge >= 0.3 is 9.28 Å². The van der Waals surface area contributed by atoms with Crippen LogP contribution in [0.2, 0.25) is 6.04 Å². The predicted molar refractivity (Wildman–Crippen MR) is 108 cm³/mol. The number of hydrogen-bond donors (Lipinski definition) is 0. The Morgan fingerprint density at radius 2 is 1.00 bits per heavy atom. The molecule has 0 spiro atoms. The van der Waals surface area contributed by atoms with Crippen LogP contribution < -0.4 is 0 Å². The third-order valence-corrected chi connectivity index (χ3v) is 14.0. The molecule has 0 aromatic heterocycles. The first kappa shape index (κ1) is 22.1. The molecule has 1 aliphatic rings. The minimum Gasteiger partial charge on any atom is -0.425 e. The highest BCUT2D eigenvalue weighted by Gasteiger charge is 2.14. The van der Waals surface area contributed by atoms with Crippen molar-refractivity contribution in [2.24, 2.45) is 0 Å². The molecule has 0 bridgehead atoms. The average molecular weight is 431 g/mol.